The molecule has 1 fully saturated rings. The number of hydrogen-bond acceptors (Lipinski definition) is 4. The summed E-state index contributed by atoms with van der Waals surface area (Å²) in [5, 5.41) is 16.6. The molecule has 1 atom stereocenters. The van der Waals surface area contributed by atoms with E-state index >= 15 is 0 Å². The molecule has 1 saturated heterocycles. The summed E-state index contributed by atoms with van der Waals surface area (Å²) in [6.07, 6.45) is 3.77. The monoisotopic (exact) mass is 224 g/mol. The number of aliphatic hydroxyl groups excluding tert-OH is 1. The summed E-state index contributed by atoms with van der Waals surface area (Å²) in [5.41, 5.74) is 0.562. The van der Waals surface area contributed by atoms with E-state index in [9.17, 15) is 4.79 Å². The molecule has 1 amide bonds. The average Bonchev–Trinajstić information content (AvgIpc) is 2.87. The summed E-state index contributed by atoms with van der Waals surface area (Å²) < 4.78 is 1.69. The Hall–Kier alpha value is -1.43. The van der Waals surface area contributed by atoms with E-state index in [0.29, 0.717) is 12.2 Å². The number of amides is 1. The van der Waals surface area contributed by atoms with Gasteiger partial charge < -0.3 is 10.0 Å². The molecule has 1 aromatic rings. The van der Waals surface area contributed by atoms with Gasteiger partial charge in [0.2, 0.25) is 5.91 Å². The molecule has 0 unspecified atom stereocenters. The second kappa shape index (κ2) is 4.61. The van der Waals surface area contributed by atoms with Crippen molar-refractivity contribution in [3.63, 3.8) is 0 Å². The van der Waals surface area contributed by atoms with Crippen LogP contribution < -0.4 is 0 Å². The maximum absolute atomic E-state index is 11.3. The Kier molecular flexibility index (Phi) is 3.19. The number of carbonyl (C=O) groups is 1. The van der Waals surface area contributed by atoms with Crippen LogP contribution in [-0.4, -0.2) is 43.5 Å². The Bertz CT molecular complexity index is 377. The molecule has 1 aliphatic heterocycles. The lowest BCUT2D eigenvalue weighted by Crippen LogP contribution is -2.36. The van der Waals surface area contributed by atoms with Crippen molar-refractivity contribution in [2.75, 3.05) is 6.54 Å². The van der Waals surface area contributed by atoms with Crippen LogP contribution in [0.3, 0.4) is 0 Å². The number of likely N-dealkylation sites (tertiary alicyclic amines) is 1. The predicted molar refractivity (Wildman–Crippen MR) is 56.4 cm³/mol. The van der Waals surface area contributed by atoms with Gasteiger partial charge in [-0.2, -0.15) is 0 Å². The standard InChI is InChI=1S/C10H16N4O2/c1-8(16)14-4-2-3-10(14)6-13-5-9(7-15)11-12-13/h5,10,15H,2-4,6-7H2,1H3/t10-/m1/s1. The van der Waals surface area contributed by atoms with Crippen molar-refractivity contribution in [1.82, 2.24) is 19.9 Å². The van der Waals surface area contributed by atoms with E-state index in [1.807, 2.05) is 4.90 Å². The largest absolute Gasteiger partial charge is 0.390 e. The van der Waals surface area contributed by atoms with Crippen molar-refractivity contribution in [2.24, 2.45) is 0 Å². The fourth-order valence-electron chi connectivity index (χ4n) is 2.16. The zero-order chi connectivity index (χ0) is 11.5. The van der Waals surface area contributed by atoms with Crippen molar-refractivity contribution in [2.45, 2.75) is 39.0 Å². The van der Waals surface area contributed by atoms with E-state index in [2.05, 4.69) is 10.3 Å². The van der Waals surface area contributed by atoms with Crippen molar-refractivity contribution < 1.29 is 9.90 Å². The van der Waals surface area contributed by atoms with Crippen LogP contribution in [0.2, 0.25) is 0 Å². The first-order valence-electron chi connectivity index (χ1n) is 5.48. The Labute approximate surface area is 93.9 Å². The molecule has 0 bridgehead atoms. The normalized spacial score (nSPS) is 20.4. The lowest BCUT2D eigenvalue weighted by Gasteiger charge is -2.22. The molecule has 16 heavy (non-hydrogen) atoms. The summed E-state index contributed by atoms with van der Waals surface area (Å²) in [7, 11) is 0. The lowest BCUT2D eigenvalue weighted by atomic mass is 10.2. The summed E-state index contributed by atoms with van der Waals surface area (Å²) in [4.78, 5) is 13.2. The zero-order valence-electron chi connectivity index (χ0n) is 9.33. The molecular weight excluding hydrogens is 208 g/mol. The molecule has 1 aromatic heterocycles. The first kappa shape index (κ1) is 11.1. The highest BCUT2D eigenvalue weighted by Gasteiger charge is 2.26. The SMILES string of the molecule is CC(=O)N1CCC[C@@H]1Cn1cc(CO)nn1. The molecular formula is C10H16N4O2. The van der Waals surface area contributed by atoms with Gasteiger partial charge in [0.05, 0.1) is 25.4 Å². The third-order valence-corrected chi connectivity index (χ3v) is 2.93. The molecule has 0 saturated carbocycles. The smallest absolute Gasteiger partial charge is 0.219 e. The Morgan fingerprint density at radius 2 is 2.50 bits per heavy atom. The molecule has 88 valence electrons. The summed E-state index contributed by atoms with van der Waals surface area (Å²) in [5.74, 6) is 0.116. The third kappa shape index (κ3) is 2.21. The molecule has 1 N–H and O–H groups in total. The van der Waals surface area contributed by atoms with Gasteiger partial charge in [0.1, 0.15) is 5.69 Å². The molecule has 2 heterocycles. The highest BCUT2D eigenvalue weighted by atomic mass is 16.3. The molecule has 6 nitrogen and oxygen atoms in total. The first-order chi connectivity index (χ1) is 7.70. The van der Waals surface area contributed by atoms with Gasteiger partial charge in [0.25, 0.3) is 0 Å². The van der Waals surface area contributed by atoms with E-state index in [0.717, 1.165) is 19.4 Å². The quantitative estimate of drug-likeness (QED) is 0.770. The average molecular weight is 224 g/mol. The van der Waals surface area contributed by atoms with Gasteiger partial charge in [-0.3, -0.25) is 9.48 Å². The number of hydrogen-bond donors (Lipinski definition) is 1. The van der Waals surface area contributed by atoms with Gasteiger partial charge in [0, 0.05) is 13.5 Å². The highest BCUT2D eigenvalue weighted by molar-refractivity contribution is 5.73. The van der Waals surface area contributed by atoms with Crippen LogP contribution in [0.5, 0.6) is 0 Å². The molecule has 0 spiro atoms. The fraction of sp³-hybridized carbons (Fsp3) is 0.700. The number of rotatable bonds is 3. The second-order valence-corrected chi connectivity index (χ2v) is 4.10. The Balaban J connectivity index is 2.00. The van der Waals surface area contributed by atoms with Crippen molar-refractivity contribution in [1.29, 1.82) is 0 Å². The predicted octanol–water partition coefficient (Wildman–Crippen LogP) is -0.219. The fourth-order valence-corrected chi connectivity index (χ4v) is 2.16. The Morgan fingerprint density at radius 1 is 1.69 bits per heavy atom. The minimum atomic E-state index is -0.0961. The number of aliphatic hydroxyl groups is 1. The Morgan fingerprint density at radius 3 is 3.12 bits per heavy atom. The summed E-state index contributed by atoms with van der Waals surface area (Å²) in [6.45, 7) is 2.99. The van der Waals surface area contributed by atoms with Gasteiger partial charge >= 0.3 is 0 Å². The van der Waals surface area contributed by atoms with Gasteiger partial charge in [0.15, 0.2) is 0 Å². The lowest BCUT2D eigenvalue weighted by molar-refractivity contribution is -0.129. The van der Waals surface area contributed by atoms with Gasteiger partial charge in [-0.1, -0.05) is 5.21 Å². The van der Waals surface area contributed by atoms with Crippen LogP contribution in [0.15, 0.2) is 6.20 Å². The maximum atomic E-state index is 11.3. The minimum absolute atomic E-state index is 0.0961. The number of nitrogens with zero attached hydrogens (tertiary/aromatic N) is 4. The van der Waals surface area contributed by atoms with Gasteiger partial charge in [-0.25, -0.2) is 0 Å². The van der Waals surface area contributed by atoms with E-state index in [-0.39, 0.29) is 18.6 Å². The van der Waals surface area contributed by atoms with Crippen LogP contribution >= 0.6 is 0 Å². The minimum Gasteiger partial charge on any atom is -0.390 e. The van der Waals surface area contributed by atoms with Crippen molar-refractivity contribution in [3.8, 4) is 0 Å². The van der Waals surface area contributed by atoms with Crippen molar-refractivity contribution in [3.05, 3.63) is 11.9 Å². The van der Waals surface area contributed by atoms with Crippen LogP contribution in [-0.2, 0) is 17.9 Å². The van der Waals surface area contributed by atoms with E-state index in [4.69, 9.17) is 5.11 Å². The van der Waals surface area contributed by atoms with Gasteiger partial charge in [-0.05, 0) is 12.8 Å². The van der Waals surface area contributed by atoms with Crippen LogP contribution in [0.4, 0.5) is 0 Å². The van der Waals surface area contributed by atoms with Crippen LogP contribution in [0.25, 0.3) is 0 Å². The third-order valence-electron chi connectivity index (χ3n) is 2.93. The van der Waals surface area contributed by atoms with Crippen LogP contribution in [0, 0.1) is 0 Å². The molecule has 0 aliphatic carbocycles. The molecule has 1 aliphatic rings. The molecule has 0 radical (unpaired) electrons. The first-order valence-corrected chi connectivity index (χ1v) is 5.48. The maximum Gasteiger partial charge on any atom is 0.219 e. The van der Waals surface area contributed by atoms with Crippen LogP contribution in [0.1, 0.15) is 25.5 Å². The zero-order valence-corrected chi connectivity index (χ0v) is 9.33. The molecule has 0 aromatic carbocycles. The summed E-state index contributed by atoms with van der Waals surface area (Å²) >= 11 is 0. The van der Waals surface area contributed by atoms with E-state index in [1.54, 1.807) is 17.8 Å². The molecule has 2 rings (SSSR count). The van der Waals surface area contributed by atoms with Crippen molar-refractivity contribution >= 4 is 5.91 Å². The number of carbonyl (C=O) groups excluding carboxylic acids is 1. The van der Waals surface area contributed by atoms with Gasteiger partial charge in [-0.15, -0.1) is 5.10 Å². The van der Waals surface area contributed by atoms with E-state index in [1.165, 1.54) is 0 Å². The number of aromatic nitrogens is 3. The highest BCUT2D eigenvalue weighted by Crippen LogP contribution is 2.18. The molecule has 6 heteroatoms. The topological polar surface area (TPSA) is 71.2 Å². The summed E-state index contributed by atoms with van der Waals surface area (Å²) in [6, 6.07) is 0.214. The second-order valence-electron chi connectivity index (χ2n) is 4.10. The van der Waals surface area contributed by atoms with E-state index < -0.39 is 0 Å².